The normalized spacial score (nSPS) is 12.7. The summed E-state index contributed by atoms with van der Waals surface area (Å²) in [6.07, 6.45) is 2.51. The highest BCUT2D eigenvalue weighted by molar-refractivity contribution is 5.82. The van der Waals surface area contributed by atoms with E-state index in [0.29, 0.717) is 5.56 Å². The van der Waals surface area contributed by atoms with Crippen molar-refractivity contribution in [1.82, 2.24) is 10.3 Å². The lowest BCUT2D eigenvalue weighted by Crippen LogP contribution is -2.35. The zero-order valence-electron chi connectivity index (χ0n) is 13.4. The van der Waals surface area contributed by atoms with Crippen molar-refractivity contribution >= 4 is 22.8 Å². The number of aromatic nitrogens is 1. The molecule has 23 heavy (non-hydrogen) atoms. The molecule has 0 fully saturated rings. The monoisotopic (exact) mass is 316 g/mol. The number of hydrogen-bond donors (Lipinski definition) is 2. The second-order valence-electron chi connectivity index (χ2n) is 6.28. The molecule has 0 saturated heterocycles. The first-order valence-corrected chi connectivity index (χ1v) is 7.29. The highest BCUT2D eigenvalue weighted by Crippen LogP contribution is 2.22. The van der Waals surface area contributed by atoms with Crippen LogP contribution >= 0.6 is 0 Å². The molecule has 1 unspecified atom stereocenters. The van der Waals surface area contributed by atoms with E-state index < -0.39 is 23.7 Å². The molecule has 6 heteroatoms. The van der Waals surface area contributed by atoms with Crippen molar-refractivity contribution in [2.24, 2.45) is 0 Å². The summed E-state index contributed by atoms with van der Waals surface area (Å²) in [7, 11) is 0. The van der Waals surface area contributed by atoms with Gasteiger partial charge < -0.3 is 15.2 Å². The van der Waals surface area contributed by atoms with Gasteiger partial charge in [-0.1, -0.05) is 12.1 Å². The third kappa shape index (κ3) is 4.95. The maximum atomic E-state index is 11.9. The van der Waals surface area contributed by atoms with Gasteiger partial charge in [0.15, 0.2) is 0 Å². The van der Waals surface area contributed by atoms with Gasteiger partial charge in [-0.15, -0.1) is 0 Å². The van der Waals surface area contributed by atoms with Crippen molar-refractivity contribution in [1.29, 1.82) is 0 Å². The van der Waals surface area contributed by atoms with Crippen LogP contribution < -0.4 is 5.32 Å². The first kappa shape index (κ1) is 16.7. The van der Waals surface area contributed by atoms with Crippen molar-refractivity contribution in [3.63, 3.8) is 0 Å². The van der Waals surface area contributed by atoms with Crippen LogP contribution in [0, 0.1) is 0 Å². The average molecular weight is 316 g/mol. The third-order valence-electron chi connectivity index (χ3n) is 3.14. The van der Waals surface area contributed by atoms with Crippen LogP contribution in [0.3, 0.4) is 0 Å². The number of carboxylic acids is 1. The first-order valence-electron chi connectivity index (χ1n) is 7.29. The standard InChI is InChI=1S/C17H20N2O4/c1-17(2,3)23-16(22)19-14(9-15(20)21)12-5-4-11-6-7-18-10-13(11)8-12/h4-8,10,14H,9H2,1-3H3,(H,19,22)(H,20,21). The van der Waals surface area contributed by atoms with Crippen molar-refractivity contribution in [2.45, 2.75) is 38.8 Å². The van der Waals surface area contributed by atoms with Gasteiger partial charge in [-0.25, -0.2) is 4.79 Å². The Kier molecular flexibility index (Phi) is 4.83. The number of amides is 1. The van der Waals surface area contributed by atoms with Gasteiger partial charge in [-0.05, 0) is 43.9 Å². The molecule has 2 aromatic rings. The zero-order chi connectivity index (χ0) is 17.0. The lowest BCUT2D eigenvalue weighted by atomic mass is 10.0. The Morgan fingerprint density at radius 3 is 2.65 bits per heavy atom. The molecule has 0 spiro atoms. The topological polar surface area (TPSA) is 88.5 Å². The van der Waals surface area contributed by atoms with Crippen LogP contribution in [0.15, 0.2) is 36.7 Å². The number of hydrogen-bond acceptors (Lipinski definition) is 4. The van der Waals surface area contributed by atoms with E-state index in [1.54, 1.807) is 39.2 Å². The molecule has 2 N–H and O–H groups in total. The van der Waals surface area contributed by atoms with Gasteiger partial charge >= 0.3 is 12.1 Å². The maximum Gasteiger partial charge on any atom is 0.408 e. The van der Waals surface area contributed by atoms with Gasteiger partial charge in [0.2, 0.25) is 0 Å². The minimum Gasteiger partial charge on any atom is -0.481 e. The van der Waals surface area contributed by atoms with Crippen LogP contribution in [0.5, 0.6) is 0 Å². The van der Waals surface area contributed by atoms with Gasteiger partial charge in [0.05, 0.1) is 12.5 Å². The predicted octanol–water partition coefficient (Wildman–Crippen LogP) is 3.28. The van der Waals surface area contributed by atoms with Gasteiger partial charge in [-0.2, -0.15) is 0 Å². The van der Waals surface area contributed by atoms with Crippen LogP contribution in [-0.2, 0) is 9.53 Å². The first-order chi connectivity index (χ1) is 10.7. The van der Waals surface area contributed by atoms with Gasteiger partial charge in [0.25, 0.3) is 0 Å². The summed E-state index contributed by atoms with van der Waals surface area (Å²) < 4.78 is 5.20. The molecule has 1 aromatic carbocycles. The molecule has 0 aliphatic rings. The van der Waals surface area contributed by atoms with Crippen LogP contribution in [0.25, 0.3) is 10.8 Å². The minimum atomic E-state index is -1.00. The van der Waals surface area contributed by atoms with E-state index in [0.717, 1.165) is 10.8 Å². The van der Waals surface area contributed by atoms with E-state index in [-0.39, 0.29) is 6.42 Å². The number of rotatable bonds is 4. The number of fused-ring (bicyclic) bond motifs is 1. The summed E-state index contributed by atoms with van der Waals surface area (Å²) >= 11 is 0. The van der Waals surface area contributed by atoms with Crippen LogP contribution in [-0.4, -0.2) is 27.8 Å². The zero-order valence-corrected chi connectivity index (χ0v) is 13.4. The van der Waals surface area contributed by atoms with E-state index in [1.165, 1.54) is 0 Å². The fourth-order valence-corrected chi connectivity index (χ4v) is 2.20. The smallest absolute Gasteiger partial charge is 0.408 e. The number of benzene rings is 1. The average Bonchev–Trinajstić information content (AvgIpc) is 2.43. The summed E-state index contributed by atoms with van der Waals surface area (Å²) in [5.41, 5.74) is 0.0456. The highest BCUT2D eigenvalue weighted by Gasteiger charge is 2.22. The summed E-state index contributed by atoms with van der Waals surface area (Å²) in [4.78, 5) is 27.1. The summed E-state index contributed by atoms with van der Waals surface area (Å²) in [5.74, 6) is -1.00. The Morgan fingerprint density at radius 1 is 1.26 bits per heavy atom. The van der Waals surface area contributed by atoms with Crippen molar-refractivity contribution in [3.8, 4) is 0 Å². The lowest BCUT2D eigenvalue weighted by molar-refractivity contribution is -0.137. The Balaban J connectivity index is 2.25. The third-order valence-corrected chi connectivity index (χ3v) is 3.14. The molecule has 1 aromatic heterocycles. The Labute approximate surface area is 134 Å². The van der Waals surface area contributed by atoms with Gasteiger partial charge in [0, 0.05) is 17.8 Å². The second kappa shape index (κ2) is 6.64. The number of nitrogens with zero attached hydrogens (tertiary/aromatic N) is 1. The molecule has 0 aliphatic carbocycles. The SMILES string of the molecule is CC(C)(C)OC(=O)NC(CC(=O)O)c1ccc2ccncc2c1. The minimum absolute atomic E-state index is 0.231. The molecule has 2 rings (SSSR count). The van der Waals surface area contributed by atoms with Crippen molar-refractivity contribution < 1.29 is 19.4 Å². The van der Waals surface area contributed by atoms with Crippen LogP contribution in [0.1, 0.15) is 38.8 Å². The number of carbonyl (C=O) groups is 2. The summed E-state index contributed by atoms with van der Waals surface area (Å²) in [6.45, 7) is 5.25. The second-order valence-corrected chi connectivity index (χ2v) is 6.28. The Morgan fingerprint density at radius 2 is 2.00 bits per heavy atom. The van der Waals surface area contributed by atoms with Gasteiger partial charge in [-0.3, -0.25) is 9.78 Å². The Bertz CT molecular complexity index is 722. The number of ether oxygens (including phenoxy) is 1. The largest absolute Gasteiger partial charge is 0.481 e. The van der Waals surface area contributed by atoms with Crippen LogP contribution in [0.4, 0.5) is 4.79 Å². The summed E-state index contributed by atoms with van der Waals surface area (Å²) in [6, 6.07) is 6.69. The maximum absolute atomic E-state index is 11.9. The molecule has 6 nitrogen and oxygen atoms in total. The van der Waals surface area contributed by atoms with E-state index in [1.807, 2.05) is 18.2 Å². The number of alkyl carbamates (subject to hydrolysis) is 1. The van der Waals surface area contributed by atoms with Crippen LogP contribution in [0.2, 0.25) is 0 Å². The van der Waals surface area contributed by atoms with E-state index >= 15 is 0 Å². The Hall–Kier alpha value is -2.63. The number of nitrogens with one attached hydrogen (secondary N) is 1. The predicted molar refractivity (Wildman–Crippen MR) is 86.1 cm³/mol. The molecule has 1 heterocycles. The van der Waals surface area contributed by atoms with E-state index in [2.05, 4.69) is 10.3 Å². The highest BCUT2D eigenvalue weighted by atomic mass is 16.6. The molecule has 1 atom stereocenters. The van der Waals surface area contributed by atoms with E-state index in [4.69, 9.17) is 9.84 Å². The number of pyridine rings is 1. The van der Waals surface area contributed by atoms with E-state index in [9.17, 15) is 9.59 Å². The fraction of sp³-hybridized carbons (Fsp3) is 0.353. The molecule has 0 bridgehead atoms. The molecule has 0 aliphatic heterocycles. The van der Waals surface area contributed by atoms with Gasteiger partial charge in [0.1, 0.15) is 5.60 Å². The van der Waals surface area contributed by atoms with Crippen molar-refractivity contribution in [3.05, 3.63) is 42.2 Å². The number of aliphatic carboxylic acids is 1. The quantitative estimate of drug-likeness (QED) is 0.903. The van der Waals surface area contributed by atoms with Crippen molar-refractivity contribution in [2.75, 3.05) is 0 Å². The number of carboxylic acid groups (broad SMARTS) is 1. The number of carbonyl (C=O) groups excluding carboxylic acids is 1. The molecule has 1 amide bonds. The molecular weight excluding hydrogens is 296 g/mol. The molecule has 0 saturated carbocycles. The molecule has 0 radical (unpaired) electrons. The summed E-state index contributed by atoms with van der Waals surface area (Å²) in [5, 5.41) is 13.6. The fourth-order valence-electron chi connectivity index (χ4n) is 2.20. The lowest BCUT2D eigenvalue weighted by Gasteiger charge is -2.23. The molecular formula is C17H20N2O4. The molecule has 122 valence electrons.